The number of ether oxygens (including phenoxy) is 1. The van der Waals surface area contributed by atoms with Crippen LogP contribution in [0.15, 0.2) is 52.0 Å². The molecule has 1 heterocycles. The van der Waals surface area contributed by atoms with E-state index in [1.54, 1.807) is 11.8 Å². The predicted octanol–water partition coefficient (Wildman–Crippen LogP) is 7.51. The molecule has 1 unspecified atom stereocenters. The minimum atomic E-state index is -0.0954. The maximum atomic E-state index is 6.52. The summed E-state index contributed by atoms with van der Waals surface area (Å²) in [5.41, 5.74) is 1.91. The molecule has 0 aliphatic carbocycles. The number of rotatable bonds is 5. The number of benzene rings is 2. The number of thioether (sulfide) groups is 1. The van der Waals surface area contributed by atoms with E-state index in [9.17, 15) is 0 Å². The first-order chi connectivity index (χ1) is 12.0. The van der Waals surface area contributed by atoms with Crippen molar-refractivity contribution in [2.75, 3.05) is 5.75 Å². The molecule has 0 N–H and O–H groups in total. The van der Waals surface area contributed by atoms with Crippen LogP contribution in [0.3, 0.4) is 0 Å². The van der Waals surface area contributed by atoms with Crippen LogP contribution in [0.25, 0.3) is 10.9 Å². The summed E-state index contributed by atoms with van der Waals surface area (Å²) in [4.78, 5) is 4.79. The van der Waals surface area contributed by atoms with Gasteiger partial charge in [0, 0.05) is 8.96 Å². The lowest BCUT2D eigenvalue weighted by atomic mass is 10.1. The first-order valence-corrected chi connectivity index (χ1v) is 11.1. The van der Waals surface area contributed by atoms with Gasteiger partial charge in [-0.15, -0.1) is 11.8 Å². The third kappa shape index (κ3) is 4.26. The van der Waals surface area contributed by atoms with Crippen LogP contribution < -0.4 is 4.74 Å². The molecule has 0 amide bonds. The van der Waals surface area contributed by atoms with Crippen molar-refractivity contribution in [3.63, 3.8) is 0 Å². The van der Waals surface area contributed by atoms with Crippen molar-refractivity contribution in [1.29, 1.82) is 0 Å². The first-order valence-electron chi connectivity index (χ1n) is 7.84. The molecule has 0 aliphatic rings. The molecule has 1 aromatic heterocycles. The van der Waals surface area contributed by atoms with Gasteiger partial charge in [-0.1, -0.05) is 48.9 Å². The number of halogens is 3. The lowest BCUT2D eigenvalue weighted by molar-refractivity contribution is 0.228. The van der Waals surface area contributed by atoms with Crippen LogP contribution in [0.5, 0.6) is 5.75 Å². The van der Waals surface area contributed by atoms with Gasteiger partial charge in [0.2, 0.25) is 0 Å². The number of aromatic nitrogens is 1. The van der Waals surface area contributed by atoms with Crippen molar-refractivity contribution in [3.8, 4) is 5.75 Å². The smallest absolute Gasteiger partial charge is 0.161 e. The number of hydrogen-bond acceptors (Lipinski definition) is 3. The summed E-state index contributed by atoms with van der Waals surface area (Å²) in [7, 11) is 0. The van der Waals surface area contributed by atoms with Gasteiger partial charge in [-0.2, -0.15) is 0 Å². The van der Waals surface area contributed by atoms with Crippen LogP contribution >= 0.6 is 61.9 Å². The maximum absolute atomic E-state index is 6.52. The third-order valence-electron chi connectivity index (χ3n) is 3.74. The van der Waals surface area contributed by atoms with E-state index in [2.05, 4.69) is 57.6 Å². The Morgan fingerprint density at radius 3 is 2.68 bits per heavy atom. The molecule has 0 bridgehead atoms. The summed E-state index contributed by atoms with van der Waals surface area (Å²) < 4.78 is 8.28. The highest BCUT2D eigenvalue weighted by atomic mass is 127. The summed E-state index contributed by atoms with van der Waals surface area (Å²) in [6.07, 6.45) is -0.0954. The fourth-order valence-electron chi connectivity index (χ4n) is 2.51. The summed E-state index contributed by atoms with van der Waals surface area (Å²) in [5, 5.41) is 2.51. The molecule has 0 radical (unpaired) electrons. The Morgan fingerprint density at radius 1 is 1.28 bits per heavy atom. The second-order valence-corrected chi connectivity index (χ2v) is 9.09. The molecule has 1 atom stereocenters. The van der Waals surface area contributed by atoms with Crippen LogP contribution in [-0.4, -0.2) is 10.7 Å². The average Bonchev–Trinajstić information content (AvgIpc) is 2.61. The predicted molar refractivity (Wildman–Crippen MR) is 119 cm³/mol. The van der Waals surface area contributed by atoms with Crippen molar-refractivity contribution in [3.05, 3.63) is 61.1 Å². The Kier molecular flexibility index (Phi) is 6.52. The van der Waals surface area contributed by atoms with E-state index in [1.165, 1.54) is 0 Å². The minimum Gasteiger partial charge on any atom is -0.483 e. The molecule has 0 spiro atoms. The minimum absolute atomic E-state index is 0.0954. The van der Waals surface area contributed by atoms with E-state index in [-0.39, 0.29) is 6.10 Å². The Hall–Kier alpha value is -0.500. The zero-order valence-electron chi connectivity index (χ0n) is 13.7. The lowest BCUT2D eigenvalue weighted by Gasteiger charge is -2.19. The van der Waals surface area contributed by atoms with Crippen LogP contribution in [0, 0.1) is 3.57 Å². The number of nitrogens with zero attached hydrogens (tertiary/aromatic N) is 1. The van der Waals surface area contributed by atoms with Gasteiger partial charge in [0.1, 0.15) is 11.6 Å². The molecule has 2 nitrogen and oxygen atoms in total. The fourth-order valence-corrected chi connectivity index (χ4v) is 4.43. The molecule has 0 saturated carbocycles. The zero-order valence-corrected chi connectivity index (χ0v) is 19.0. The molecule has 25 heavy (non-hydrogen) atoms. The van der Waals surface area contributed by atoms with E-state index in [0.717, 1.165) is 41.0 Å². The maximum Gasteiger partial charge on any atom is 0.161 e. The normalized spacial score (nSPS) is 12.4. The van der Waals surface area contributed by atoms with Crippen molar-refractivity contribution < 1.29 is 4.74 Å². The van der Waals surface area contributed by atoms with Gasteiger partial charge in [-0.25, -0.2) is 4.98 Å². The van der Waals surface area contributed by atoms with Gasteiger partial charge >= 0.3 is 0 Å². The van der Waals surface area contributed by atoms with E-state index in [0.29, 0.717) is 5.02 Å². The highest BCUT2D eigenvalue weighted by molar-refractivity contribution is 14.1. The third-order valence-corrected chi connectivity index (χ3v) is 7.22. The van der Waals surface area contributed by atoms with Gasteiger partial charge in [-0.3, -0.25) is 0 Å². The van der Waals surface area contributed by atoms with Crippen LogP contribution in [0.1, 0.15) is 25.5 Å². The van der Waals surface area contributed by atoms with Crippen molar-refractivity contribution in [2.45, 2.75) is 25.0 Å². The lowest BCUT2D eigenvalue weighted by Crippen LogP contribution is -2.05. The molecule has 3 aromatic rings. The highest BCUT2D eigenvalue weighted by Gasteiger charge is 2.19. The summed E-state index contributed by atoms with van der Waals surface area (Å²) >= 11 is 14.1. The second-order valence-electron chi connectivity index (χ2n) is 5.44. The molecule has 2 aromatic carbocycles. The fraction of sp³-hybridized carbons (Fsp3) is 0.211. The van der Waals surface area contributed by atoms with Gasteiger partial charge in [0.05, 0.1) is 14.5 Å². The number of pyridine rings is 1. The van der Waals surface area contributed by atoms with Crippen molar-refractivity contribution in [1.82, 2.24) is 4.98 Å². The van der Waals surface area contributed by atoms with Crippen molar-refractivity contribution in [2.24, 2.45) is 0 Å². The number of hydrogen-bond donors (Lipinski definition) is 0. The van der Waals surface area contributed by atoms with E-state index in [1.807, 2.05) is 37.3 Å². The highest BCUT2D eigenvalue weighted by Crippen LogP contribution is 2.42. The second kappa shape index (κ2) is 8.46. The Bertz CT molecular complexity index is 907. The average molecular weight is 549 g/mol. The van der Waals surface area contributed by atoms with Gasteiger partial charge in [-0.05, 0) is 68.9 Å². The molecular weight excluding hydrogens is 533 g/mol. The summed E-state index contributed by atoms with van der Waals surface area (Å²) in [5.74, 6) is 1.68. The van der Waals surface area contributed by atoms with Gasteiger partial charge < -0.3 is 4.74 Å². The Morgan fingerprint density at radius 2 is 2.00 bits per heavy atom. The monoisotopic (exact) mass is 547 g/mol. The summed E-state index contributed by atoms with van der Waals surface area (Å²) in [6.45, 7) is 4.14. The Balaban J connectivity index is 2.13. The SMILES string of the molecule is CCSc1cc(Cl)c2cc(I)c(Br)c(OC(C)c3ccccc3)c2n1. The standard InChI is InChI=1S/C19H16BrClINOS/c1-3-25-16-10-14(21)13-9-15(22)17(20)19(18(13)23-16)24-11(2)12-7-5-4-6-8-12/h4-11H,3H2,1-2H3. The van der Waals surface area contributed by atoms with Crippen LogP contribution in [0.2, 0.25) is 5.02 Å². The molecular formula is C19H16BrClINOS. The molecule has 130 valence electrons. The van der Waals surface area contributed by atoms with E-state index in [4.69, 9.17) is 21.3 Å². The number of fused-ring (bicyclic) bond motifs is 1. The van der Waals surface area contributed by atoms with Crippen molar-refractivity contribution >= 4 is 72.8 Å². The molecule has 0 fully saturated rings. The molecule has 3 rings (SSSR count). The zero-order chi connectivity index (χ0) is 18.0. The summed E-state index contributed by atoms with van der Waals surface area (Å²) in [6, 6.07) is 14.1. The first kappa shape index (κ1) is 19.3. The van der Waals surface area contributed by atoms with E-state index < -0.39 is 0 Å². The molecule has 0 saturated heterocycles. The topological polar surface area (TPSA) is 22.1 Å². The van der Waals surface area contributed by atoms with E-state index >= 15 is 0 Å². The largest absolute Gasteiger partial charge is 0.483 e. The van der Waals surface area contributed by atoms with Crippen LogP contribution in [0.4, 0.5) is 0 Å². The molecule has 0 aliphatic heterocycles. The van der Waals surface area contributed by atoms with Gasteiger partial charge in [0.15, 0.2) is 5.75 Å². The molecule has 6 heteroatoms. The quantitative estimate of drug-likeness (QED) is 0.243. The van der Waals surface area contributed by atoms with Crippen LogP contribution in [-0.2, 0) is 0 Å². The Labute approximate surface area is 179 Å². The van der Waals surface area contributed by atoms with Gasteiger partial charge in [0.25, 0.3) is 0 Å².